The van der Waals surface area contributed by atoms with Crippen molar-refractivity contribution in [1.29, 1.82) is 0 Å². The van der Waals surface area contributed by atoms with Gasteiger partial charge < -0.3 is 4.57 Å². The van der Waals surface area contributed by atoms with Crippen molar-refractivity contribution in [1.82, 2.24) is 4.57 Å². The van der Waals surface area contributed by atoms with Crippen molar-refractivity contribution in [2.24, 2.45) is 0 Å². The number of aromatic nitrogens is 1. The Labute approximate surface area is 131 Å². The highest BCUT2D eigenvalue weighted by Gasteiger charge is 2.24. The number of rotatable bonds is 1. The van der Waals surface area contributed by atoms with Crippen molar-refractivity contribution in [2.75, 3.05) is 0 Å². The first-order valence-corrected chi connectivity index (χ1v) is 9.52. The van der Waals surface area contributed by atoms with E-state index in [-0.39, 0.29) is 0 Å². The molecular weight excluding hydrogens is 254 g/mol. The van der Waals surface area contributed by atoms with Gasteiger partial charge in [0.05, 0.1) is 0 Å². The largest absolute Gasteiger partial charge is 0.346 e. The molecule has 1 aromatic rings. The van der Waals surface area contributed by atoms with Crippen molar-refractivity contribution in [3.8, 4) is 0 Å². The van der Waals surface area contributed by atoms with Gasteiger partial charge in [0.1, 0.15) is 0 Å². The molecule has 118 valence electrons. The van der Waals surface area contributed by atoms with Gasteiger partial charge in [-0.3, -0.25) is 0 Å². The van der Waals surface area contributed by atoms with Crippen molar-refractivity contribution < 1.29 is 0 Å². The zero-order valence-electron chi connectivity index (χ0n) is 14.2. The summed E-state index contributed by atoms with van der Waals surface area (Å²) >= 11 is 0. The molecule has 1 nitrogen and oxygen atoms in total. The van der Waals surface area contributed by atoms with Gasteiger partial charge in [0.2, 0.25) is 0 Å². The van der Waals surface area contributed by atoms with Gasteiger partial charge in [0, 0.05) is 17.4 Å². The minimum absolute atomic E-state index is 0.641. The van der Waals surface area contributed by atoms with Gasteiger partial charge in [-0.05, 0) is 76.3 Å². The van der Waals surface area contributed by atoms with Gasteiger partial charge in [-0.15, -0.1) is 0 Å². The van der Waals surface area contributed by atoms with E-state index in [9.17, 15) is 0 Å². The molecule has 0 saturated heterocycles. The third kappa shape index (κ3) is 3.22. The summed E-state index contributed by atoms with van der Waals surface area (Å²) in [5.41, 5.74) is 7.05. The smallest absolute Gasteiger partial charge is 0.0279 e. The third-order valence-corrected chi connectivity index (χ3v) is 5.59. The Morgan fingerprint density at radius 3 is 1.38 bits per heavy atom. The molecule has 0 bridgehead atoms. The van der Waals surface area contributed by atoms with Crippen molar-refractivity contribution in [3.05, 3.63) is 22.5 Å². The first kappa shape index (κ1) is 15.2. The zero-order chi connectivity index (χ0) is 14.7. The molecule has 1 heteroatoms. The lowest BCUT2D eigenvalue weighted by Crippen LogP contribution is -2.11. The van der Waals surface area contributed by atoms with Crippen LogP contribution in [0.4, 0.5) is 0 Å². The molecule has 0 amide bonds. The van der Waals surface area contributed by atoms with E-state index in [0.29, 0.717) is 6.04 Å². The lowest BCUT2D eigenvalue weighted by Gasteiger charge is -2.19. The first-order valence-electron chi connectivity index (χ1n) is 9.52. The summed E-state index contributed by atoms with van der Waals surface area (Å²) in [5, 5.41) is 0. The second kappa shape index (κ2) is 7.03. The highest BCUT2D eigenvalue weighted by atomic mass is 15.0. The lowest BCUT2D eigenvalue weighted by molar-refractivity contribution is 0.520. The Hall–Kier alpha value is -0.720. The molecule has 1 aromatic heterocycles. The monoisotopic (exact) mass is 287 g/mol. The molecular formula is C20H33N. The van der Waals surface area contributed by atoms with Gasteiger partial charge in [-0.2, -0.15) is 0 Å². The van der Waals surface area contributed by atoms with Gasteiger partial charge in [-0.25, -0.2) is 0 Å². The molecule has 0 unspecified atom stereocenters. The fourth-order valence-corrected chi connectivity index (χ4v) is 4.63. The van der Waals surface area contributed by atoms with Crippen molar-refractivity contribution in [2.45, 2.75) is 103 Å². The van der Waals surface area contributed by atoms with E-state index in [1.54, 1.807) is 22.5 Å². The normalized spacial score (nSPS) is 20.7. The fourth-order valence-electron chi connectivity index (χ4n) is 4.63. The Kier molecular flexibility index (Phi) is 5.08. The summed E-state index contributed by atoms with van der Waals surface area (Å²) in [6.45, 7) is 4.79. The van der Waals surface area contributed by atoms with Crippen molar-refractivity contribution in [3.63, 3.8) is 0 Å². The van der Waals surface area contributed by atoms with E-state index >= 15 is 0 Å². The maximum absolute atomic E-state index is 2.77. The van der Waals surface area contributed by atoms with Gasteiger partial charge in [0.15, 0.2) is 0 Å². The van der Waals surface area contributed by atoms with E-state index in [2.05, 4.69) is 18.4 Å². The van der Waals surface area contributed by atoms with E-state index in [4.69, 9.17) is 0 Å². The Balaban J connectivity index is 2.06. The standard InChI is InChI=1S/C20H33N/c1-16(2)21-19-14-10-5-3-4-8-12-17(19)18-13-9-6-7-11-15-20(18)21/h16H,3-15H2,1-2H3. The molecule has 0 N–H and O–H groups in total. The molecule has 0 aromatic carbocycles. The van der Waals surface area contributed by atoms with Crippen LogP contribution in [-0.2, 0) is 25.7 Å². The van der Waals surface area contributed by atoms with Crippen LogP contribution in [0.2, 0.25) is 0 Å². The Morgan fingerprint density at radius 2 is 0.952 bits per heavy atom. The number of fused-ring (bicyclic) bond motifs is 3. The van der Waals surface area contributed by atoms with Gasteiger partial charge >= 0.3 is 0 Å². The summed E-state index contributed by atoms with van der Waals surface area (Å²) < 4.78 is 2.77. The maximum atomic E-state index is 2.77. The molecule has 0 aliphatic heterocycles. The van der Waals surface area contributed by atoms with Crippen LogP contribution in [0.3, 0.4) is 0 Å². The quantitative estimate of drug-likeness (QED) is 0.617. The highest BCUT2D eigenvalue weighted by Crippen LogP contribution is 2.34. The lowest BCUT2D eigenvalue weighted by atomic mass is 9.93. The Morgan fingerprint density at radius 1 is 0.571 bits per heavy atom. The van der Waals surface area contributed by atoms with Crippen LogP contribution in [-0.4, -0.2) is 4.57 Å². The predicted molar refractivity (Wildman–Crippen MR) is 91.2 cm³/mol. The summed E-state index contributed by atoms with van der Waals surface area (Å²) in [6.07, 6.45) is 18.3. The van der Waals surface area contributed by atoms with Crippen LogP contribution in [0.15, 0.2) is 0 Å². The average molecular weight is 287 g/mol. The van der Waals surface area contributed by atoms with Crippen LogP contribution in [0.5, 0.6) is 0 Å². The molecule has 0 saturated carbocycles. The average Bonchev–Trinajstić information content (AvgIpc) is 2.75. The first-order chi connectivity index (χ1) is 10.3. The predicted octanol–water partition coefficient (Wildman–Crippen LogP) is 5.78. The van der Waals surface area contributed by atoms with Crippen LogP contribution in [0.1, 0.15) is 100 Å². The fraction of sp³-hybridized carbons (Fsp3) is 0.800. The number of hydrogen-bond donors (Lipinski definition) is 0. The second-order valence-corrected chi connectivity index (χ2v) is 7.50. The van der Waals surface area contributed by atoms with E-state index in [0.717, 1.165) is 0 Å². The topological polar surface area (TPSA) is 4.93 Å². The minimum Gasteiger partial charge on any atom is -0.346 e. The zero-order valence-corrected chi connectivity index (χ0v) is 14.2. The van der Waals surface area contributed by atoms with Gasteiger partial charge in [-0.1, -0.05) is 32.1 Å². The number of nitrogens with zero attached hydrogens (tertiary/aromatic N) is 1. The highest BCUT2D eigenvalue weighted by molar-refractivity contribution is 5.40. The number of hydrogen-bond acceptors (Lipinski definition) is 0. The second-order valence-electron chi connectivity index (χ2n) is 7.50. The third-order valence-electron chi connectivity index (χ3n) is 5.59. The molecule has 0 atom stereocenters. The van der Waals surface area contributed by atoms with Crippen LogP contribution >= 0.6 is 0 Å². The van der Waals surface area contributed by atoms with Crippen LogP contribution in [0, 0.1) is 0 Å². The van der Waals surface area contributed by atoms with E-state index in [1.165, 1.54) is 83.5 Å². The molecule has 21 heavy (non-hydrogen) atoms. The SMILES string of the molecule is CC(C)n1c2c(c3c1CCCCCC3)CCCCCCC2. The molecule has 2 aliphatic carbocycles. The van der Waals surface area contributed by atoms with E-state index < -0.39 is 0 Å². The summed E-state index contributed by atoms with van der Waals surface area (Å²) in [6, 6.07) is 0.641. The minimum atomic E-state index is 0.641. The molecule has 0 radical (unpaired) electrons. The molecule has 0 spiro atoms. The van der Waals surface area contributed by atoms with Crippen molar-refractivity contribution >= 4 is 0 Å². The molecule has 3 rings (SSSR count). The maximum Gasteiger partial charge on any atom is 0.0279 e. The molecule has 1 heterocycles. The van der Waals surface area contributed by atoms with E-state index in [1.807, 2.05) is 0 Å². The summed E-state index contributed by atoms with van der Waals surface area (Å²) in [7, 11) is 0. The summed E-state index contributed by atoms with van der Waals surface area (Å²) in [4.78, 5) is 0. The molecule has 0 fully saturated rings. The van der Waals surface area contributed by atoms with Crippen LogP contribution < -0.4 is 0 Å². The Bertz CT molecular complexity index is 467. The summed E-state index contributed by atoms with van der Waals surface area (Å²) in [5.74, 6) is 0. The van der Waals surface area contributed by atoms with Crippen LogP contribution in [0.25, 0.3) is 0 Å². The van der Waals surface area contributed by atoms with Gasteiger partial charge in [0.25, 0.3) is 0 Å². The molecule has 2 aliphatic rings.